The van der Waals surface area contributed by atoms with Crippen LogP contribution in [0.25, 0.3) is 10.2 Å². The van der Waals surface area contributed by atoms with Crippen LogP contribution >= 0.6 is 11.3 Å². The summed E-state index contributed by atoms with van der Waals surface area (Å²) >= 11 is 1.69. The van der Waals surface area contributed by atoms with Crippen molar-refractivity contribution in [1.82, 2.24) is 9.97 Å². The highest BCUT2D eigenvalue weighted by Crippen LogP contribution is 2.29. The Bertz CT molecular complexity index is 760. The normalized spacial score (nSPS) is 10.9. The minimum atomic E-state index is 0.866. The molecule has 0 aliphatic heterocycles. The molecule has 0 aliphatic rings. The first-order valence-electron chi connectivity index (χ1n) is 7.54. The number of fused-ring (bicyclic) bond motifs is 1. The first-order chi connectivity index (χ1) is 10.7. The molecule has 0 amide bonds. The van der Waals surface area contributed by atoms with Crippen molar-refractivity contribution in [2.24, 2.45) is 0 Å². The third-order valence-electron chi connectivity index (χ3n) is 3.71. The summed E-state index contributed by atoms with van der Waals surface area (Å²) in [6.07, 6.45) is 1.62. The molecule has 22 heavy (non-hydrogen) atoms. The third kappa shape index (κ3) is 2.90. The summed E-state index contributed by atoms with van der Waals surface area (Å²) in [5, 5.41) is 4.48. The van der Waals surface area contributed by atoms with Crippen molar-refractivity contribution in [1.29, 1.82) is 0 Å². The summed E-state index contributed by atoms with van der Waals surface area (Å²) in [4.78, 5) is 13.3. The lowest BCUT2D eigenvalue weighted by Crippen LogP contribution is -2.21. The summed E-state index contributed by atoms with van der Waals surface area (Å²) in [6, 6.07) is 10.6. The molecule has 2 aromatic heterocycles. The van der Waals surface area contributed by atoms with E-state index in [-0.39, 0.29) is 0 Å². The van der Waals surface area contributed by atoms with Crippen LogP contribution in [0.3, 0.4) is 0 Å². The van der Waals surface area contributed by atoms with E-state index >= 15 is 0 Å². The average Bonchev–Trinajstić information content (AvgIpc) is 2.91. The molecule has 0 fully saturated rings. The lowest BCUT2D eigenvalue weighted by atomic mass is 10.2. The highest BCUT2D eigenvalue weighted by atomic mass is 32.1. The number of rotatable bonds is 5. The maximum absolute atomic E-state index is 4.38. The predicted molar refractivity (Wildman–Crippen MR) is 95.4 cm³/mol. The Balaban J connectivity index is 1.86. The van der Waals surface area contributed by atoms with Gasteiger partial charge in [0.2, 0.25) is 0 Å². The molecular weight excluding hydrogens is 292 g/mol. The Hall–Kier alpha value is -2.14. The second-order valence-electron chi connectivity index (χ2n) is 5.14. The number of aromatic nitrogens is 2. The Kier molecular flexibility index (Phi) is 4.24. The molecular formula is C17H20N4S. The fraction of sp³-hybridized carbons (Fsp3) is 0.294. The van der Waals surface area contributed by atoms with Gasteiger partial charge in [-0.15, -0.1) is 11.3 Å². The predicted octanol–water partition coefficient (Wildman–Crippen LogP) is 4.59. The molecule has 5 heteroatoms. The Labute approximate surface area is 134 Å². The van der Waals surface area contributed by atoms with Crippen LogP contribution in [0.2, 0.25) is 0 Å². The van der Waals surface area contributed by atoms with E-state index in [1.54, 1.807) is 17.7 Å². The zero-order chi connectivity index (χ0) is 15.5. The zero-order valence-corrected chi connectivity index (χ0v) is 13.9. The standard InChI is InChI=1S/C17H20N4S/c1-4-21(5-2)14-8-6-13(7-9-14)20-16-15-10-12(3)22-17(15)19-11-18-16/h6-11H,4-5H2,1-3H3,(H,18,19,20). The molecule has 114 valence electrons. The molecule has 0 saturated heterocycles. The van der Waals surface area contributed by atoms with E-state index in [9.17, 15) is 0 Å². The smallest absolute Gasteiger partial charge is 0.142 e. The topological polar surface area (TPSA) is 41.0 Å². The van der Waals surface area contributed by atoms with Gasteiger partial charge in [-0.3, -0.25) is 0 Å². The molecule has 1 aromatic carbocycles. The van der Waals surface area contributed by atoms with Crippen LogP contribution in [-0.4, -0.2) is 23.1 Å². The molecule has 3 aromatic rings. The zero-order valence-electron chi connectivity index (χ0n) is 13.1. The van der Waals surface area contributed by atoms with Gasteiger partial charge in [0.15, 0.2) is 0 Å². The third-order valence-corrected chi connectivity index (χ3v) is 4.67. The SMILES string of the molecule is CCN(CC)c1ccc(Nc2ncnc3sc(C)cc23)cc1. The van der Waals surface area contributed by atoms with Crippen molar-refractivity contribution < 1.29 is 0 Å². The van der Waals surface area contributed by atoms with Gasteiger partial charge in [-0.25, -0.2) is 9.97 Å². The van der Waals surface area contributed by atoms with Gasteiger partial charge in [-0.05, 0) is 51.1 Å². The van der Waals surface area contributed by atoms with Gasteiger partial charge in [0.25, 0.3) is 0 Å². The van der Waals surface area contributed by atoms with E-state index in [0.717, 1.165) is 34.8 Å². The van der Waals surface area contributed by atoms with Gasteiger partial charge >= 0.3 is 0 Å². The monoisotopic (exact) mass is 312 g/mol. The van der Waals surface area contributed by atoms with E-state index in [4.69, 9.17) is 0 Å². The number of hydrogen-bond acceptors (Lipinski definition) is 5. The molecule has 4 nitrogen and oxygen atoms in total. The summed E-state index contributed by atoms with van der Waals surface area (Å²) in [7, 11) is 0. The maximum atomic E-state index is 4.38. The number of benzene rings is 1. The molecule has 3 rings (SSSR count). The van der Waals surface area contributed by atoms with Crippen molar-refractivity contribution >= 4 is 38.7 Å². The minimum Gasteiger partial charge on any atom is -0.372 e. The number of nitrogens with one attached hydrogen (secondary N) is 1. The van der Waals surface area contributed by atoms with Crippen LogP contribution in [0.15, 0.2) is 36.7 Å². The summed E-state index contributed by atoms with van der Waals surface area (Å²) in [5.74, 6) is 0.866. The molecule has 0 unspecified atom stereocenters. The van der Waals surface area contributed by atoms with E-state index in [2.05, 4.69) is 71.3 Å². The molecule has 0 atom stereocenters. The quantitative estimate of drug-likeness (QED) is 0.748. The van der Waals surface area contributed by atoms with Crippen molar-refractivity contribution in [2.45, 2.75) is 20.8 Å². The van der Waals surface area contributed by atoms with E-state index in [0.29, 0.717) is 0 Å². The van der Waals surface area contributed by atoms with Crippen LogP contribution in [-0.2, 0) is 0 Å². The van der Waals surface area contributed by atoms with Gasteiger partial charge in [-0.2, -0.15) is 0 Å². The number of nitrogens with zero attached hydrogens (tertiary/aromatic N) is 3. The van der Waals surface area contributed by atoms with Gasteiger partial charge in [-0.1, -0.05) is 0 Å². The van der Waals surface area contributed by atoms with Gasteiger partial charge in [0, 0.05) is 29.3 Å². The highest BCUT2D eigenvalue weighted by molar-refractivity contribution is 7.18. The minimum absolute atomic E-state index is 0.866. The molecule has 0 saturated carbocycles. The highest BCUT2D eigenvalue weighted by Gasteiger charge is 2.07. The van der Waals surface area contributed by atoms with Crippen molar-refractivity contribution in [2.75, 3.05) is 23.3 Å². The Morgan fingerprint density at radius 2 is 1.82 bits per heavy atom. The summed E-state index contributed by atoms with van der Waals surface area (Å²) in [6.45, 7) is 8.47. The second-order valence-corrected chi connectivity index (χ2v) is 6.38. The molecule has 0 aliphatic carbocycles. The largest absolute Gasteiger partial charge is 0.372 e. The van der Waals surface area contributed by atoms with Crippen molar-refractivity contribution in [3.05, 3.63) is 41.5 Å². The summed E-state index contributed by atoms with van der Waals surface area (Å²) < 4.78 is 0. The lowest BCUT2D eigenvalue weighted by Gasteiger charge is -2.21. The first kappa shape index (κ1) is 14.8. The Morgan fingerprint density at radius 1 is 1.09 bits per heavy atom. The van der Waals surface area contributed by atoms with Crippen LogP contribution in [0, 0.1) is 6.92 Å². The fourth-order valence-electron chi connectivity index (χ4n) is 2.56. The summed E-state index contributed by atoms with van der Waals surface area (Å²) in [5.41, 5.74) is 2.29. The number of thiophene rings is 1. The van der Waals surface area contributed by atoms with E-state index in [1.807, 2.05) is 0 Å². The first-order valence-corrected chi connectivity index (χ1v) is 8.36. The lowest BCUT2D eigenvalue weighted by molar-refractivity contribution is 0.866. The van der Waals surface area contributed by atoms with Gasteiger partial charge in [0.1, 0.15) is 17.0 Å². The molecule has 0 spiro atoms. The number of hydrogen-bond donors (Lipinski definition) is 1. The van der Waals surface area contributed by atoms with Crippen LogP contribution < -0.4 is 10.2 Å². The van der Waals surface area contributed by atoms with E-state index in [1.165, 1.54) is 10.6 Å². The van der Waals surface area contributed by atoms with Gasteiger partial charge in [0.05, 0.1) is 5.39 Å². The number of aryl methyl sites for hydroxylation is 1. The van der Waals surface area contributed by atoms with Crippen LogP contribution in [0.5, 0.6) is 0 Å². The average molecular weight is 312 g/mol. The number of anilines is 3. The van der Waals surface area contributed by atoms with Crippen LogP contribution in [0.4, 0.5) is 17.2 Å². The Morgan fingerprint density at radius 3 is 2.50 bits per heavy atom. The van der Waals surface area contributed by atoms with Gasteiger partial charge < -0.3 is 10.2 Å². The fourth-order valence-corrected chi connectivity index (χ4v) is 3.40. The maximum Gasteiger partial charge on any atom is 0.142 e. The molecule has 2 heterocycles. The van der Waals surface area contributed by atoms with Crippen LogP contribution in [0.1, 0.15) is 18.7 Å². The van der Waals surface area contributed by atoms with Crippen molar-refractivity contribution in [3.63, 3.8) is 0 Å². The molecule has 0 bridgehead atoms. The van der Waals surface area contributed by atoms with Crippen molar-refractivity contribution in [3.8, 4) is 0 Å². The molecule has 1 N–H and O–H groups in total. The van der Waals surface area contributed by atoms with E-state index < -0.39 is 0 Å². The second kappa shape index (κ2) is 6.32. The molecule has 0 radical (unpaired) electrons.